The standard InChI is InChI=1S/C25H22ClFN2O4/c26-15-3-1-13(2-4-15)22(30)7-14(8-23(31)32)24-18-10-17(11-19(18)24)33-25-20-9-16(27)5-6-21(20)28-12-29-25/h1-6,9,12,14,17-19,24H,7-8,10-11H2,(H,31,32)/t14?,17?,18-,19+,24?. The van der Waals surface area contributed by atoms with E-state index in [1.54, 1.807) is 30.3 Å². The minimum Gasteiger partial charge on any atom is -0.481 e. The smallest absolute Gasteiger partial charge is 0.303 e. The number of rotatable bonds is 8. The van der Waals surface area contributed by atoms with E-state index in [1.807, 2.05) is 0 Å². The molecule has 170 valence electrons. The maximum Gasteiger partial charge on any atom is 0.303 e. The monoisotopic (exact) mass is 468 g/mol. The van der Waals surface area contributed by atoms with Crippen molar-refractivity contribution < 1.29 is 23.8 Å². The molecule has 6 nitrogen and oxygen atoms in total. The fourth-order valence-electron chi connectivity index (χ4n) is 5.45. The first-order valence-electron chi connectivity index (χ1n) is 11.0. The van der Waals surface area contributed by atoms with Gasteiger partial charge in [0.15, 0.2) is 5.78 Å². The maximum atomic E-state index is 13.7. The summed E-state index contributed by atoms with van der Waals surface area (Å²) in [7, 11) is 0. The van der Waals surface area contributed by atoms with Crippen LogP contribution in [-0.4, -0.2) is 32.9 Å². The van der Waals surface area contributed by atoms with Crippen molar-refractivity contribution in [3.63, 3.8) is 0 Å². The number of aliphatic carboxylic acids is 1. The predicted octanol–water partition coefficient (Wildman–Crippen LogP) is 5.19. The largest absolute Gasteiger partial charge is 0.481 e. The zero-order valence-corrected chi connectivity index (χ0v) is 18.4. The summed E-state index contributed by atoms with van der Waals surface area (Å²) in [6.07, 6.45) is 3.03. The molecule has 5 rings (SSSR count). The highest BCUT2D eigenvalue weighted by Gasteiger charge is 2.59. The van der Waals surface area contributed by atoms with Gasteiger partial charge in [-0.15, -0.1) is 0 Å². The summed E-state index contributed by atoms with van der Waals surface area (Å²) >= 11 is 5.90. The number of Topliss-reactive ketones (excluding diaryl/α,β-unsaturated/α-hetero) is 1. The Morgan fingerprint density at radius 3 is 2.52 bits per heavy atom. The second-order valence-corrected chi connectivity index (χ2v) is 9.39. The molecule has 3 unspecified atom stereocenters. The molecule has 2 fully saturated rings. The molecule has 2 saturated carbocycles. The van der Waals surface area contributed by atoms with Crippen LogP contribution < -0.4 is 4.74 Å². The number of ether oxygens (including phenoxy) is 1. The van der Waals surface area contributed by atoms with Crippen LogP contribution in [0.25, 0.3) is 10.9 Å². The van der Waals surface area contributed by atoms with E-state index in [9.17, 15) is 19.1 Å². The molecule has 2 aliphatic carbocycles. The van der Waals surface area contributed by atoms with Crippen LogP contribution >= 0.6 is 11.6 Å². The number of carbonyl (C=O) groups excluding carboxylic acids is 1. The van der Waals surface area contributed by atoms with Gasteiger partial charge in [0.25, 0.3) is 0 Å². The second kappa shape index (κ2) is 8.71. The van der Waals surface area contributed by atoms with Crippen LogP contribution in [0.1, 0.15) is 36.0 Å². The van der Waals surface area contributed by atoms with E-state index in [4.69, 9.17) is 16.3 Å². The van der Waals surface area contributed by atoms with Gasteiger partial charge in [-0.2, -0.15) is 0 Å². The molecular weight excluding hydrogens is 447 g/mol. The van der Waals surface area contributed by atoms with Gasteiger partial charge in [-0.3, -0.25) is 9.59 Å². The molecule has 0 saturated heterocycles. The molecule has 0 amide bonds. The molecule has 1 N–H and O–H groups in total. The van der Waals surface area contributed by atoms with E-state index in [-0.39, 0.29) is 42.4 Å². The fraction of sp³-hybridized carbons (Fsp3) is 0.360. The SMILES string of the molecule is O=C(O)CC(CC(=O)c1ccc(Cl)cc1)C1[C@H]2CC(Oc3ncnc4ccc(F)cc34)C[C@@H]12. The van der Waals surface area contributed by atoms with Gasteiger partial charge in [0.1, 0.15) is 18.2 Å². The molecule has 33 heavy (non-hydrogen) atoms. The summed E-state index contributed by atoms with van der Waals surface area (Å²) in [6.45, 7) is 0. The van der Waals surface area contributed by atoms with E-state index in [0.29, 0.717) is 39.2 Å². The number of fused-ring (bicyclic) bond motifs is 2. The lowest BCUT2D eigenvalue weighted by molar-refractivity contribution is -0.138. The van der Waals surface area contributed by atoms with Crippen molar-refractivity contribution in [2.45, 2.75) is 31.8 Å². The summed E-state index contributed by atoms with van der Waals surface area (Å²) in [4.78, 5) is 32.6. The van der Waals surface area contributed by atoms with Crippen LogP contribution in [0.3, 0.4) is 0 Å². The summed E-state index contributed by atoms with van der Waals surface area (Å²) in [5, 5.41) is 10.5. The lowest BCUT2D eigenvalue weighted by atomic mass is 9.87. The molecule has 0 radical (unpaired) electrons. The molecule has 1 aromatic heterocycles. The highest BCUT2D eigenvalue weighted by atomic mass is 35.5. The number of hydrogen-bond donors (Lipinski definition) is 1. The quantitative estimate of drug-likeness (QED) is 0.457. The summed E-state index contributed by atoms with van der Waals surface area (Å²) < 4.78 is 19.8. The molecule has 8 heteroatoms. The minimum atomic E-state index is -0.892. The van der Waals surface area contributed by atoms with Gasteiger partial charge in [-0.1, -0.05) is 11.6 Å². The van der Waals surface area contributed by atoms with E-state index in [0.717, 1.165) is 12.8 Å². The number of aromatic nitrogens is 2. The third-order valence-corrected chi connectivity index (χ3v) is 7.15. The van der Waals surface area contributed by atoms with Gasteiger partial charge in [0.05, 0.1) is 10.9 Å². The number of nitrogens with zero attached hydrogens (tertiary/aromatic N) is 2. The maximum absolute atomic E-state index is 13.7. The van der Waals surface area contributed by atoms with Crippen LogP contribution in [0.5, 0.6) is 5.88 Å². The lowest BCUT2D eigenvalue weighted by Crippen LogP contribution is -2.22. The zero-order valence-electron chi connectivity index (χ0n) is 17.7. The Bertz CT molecular complexity index is 1210. The first-order valence-corrected chi connectivity index (χ1v) is 11.3. The highest BCUT2D eigenvalue weighted by molar-refractivity contribution is 6.30. The zero-order chi connectivity index (χ0) is 23.1. The van der Waals surface area contributed by atoms with Crippen molar-refractivity contribution in [1.82, 2.24) is 9.97 Å². The van der Waals surface area contributed by atoms with Crippen LogP contribution in [0.15, 0.2) is 48.8 Å². The molecule has 2 aliphatic rings. The third-order valence-electron chi connectivity index (χ3n) is 6.90. The van der Waals surface area contributed by atoms with Crippen molar-refractivity contribution in [3.05, 3.63) is 65.2 Å². The number of carboxylic acid groups (broad SMARTS) is 1. The number of carbonyl (C=O) groups is 2. The van der Waals surface area contributed by atoms with Crippen LogP contribution in [0.4, 0.5) is 4.39 Å². The predicted molar refractivity (Wildman–Crippen MR) is 120 cm³/mol. The Morgan fingerprint density at radius 2 is 1.82 bits per heavy atom. The van der Waals surface area contributed by atoms with Gasteiger partial charge < -0.3 is 9.84 Å². The first-order chi connectivity index (χ1) is 15.9. The molecule has 0 spiro atoms. The van der Waals surface area contributed by atoms with E-state index in [2.05, 4.69) is 9.97 Å². The van der Waals surface area contributed by atoms with Gasteiger partial charge in [0.2, 0.25) is 5.88 Å². The number of carboxylic acids is 1. The topological polar surface area (TPSA) is 89.4 Å². The Balaban J connectivity index is 1.24. The molecule has 5 atom stereocenters. The van der Waals surface area contributed by atoms with Crippen molar-refractivity contribution in [2.75, 3.05) is 0 Å². The summed E-state index contributed by atoms with van der Waals surface area (Å²) in [6, 6.07) is 11.0. The number of hydrogen-bond acceptors (Lipinski definition) is 5. The van der Waals surface area contributed by atoms with Crippen molar-refractivity contribution in [2.24, 2.45) is 23.7 Å². The molecule has 0 bridgehead atoms. The van der Waals surface area contributed by atoms with Gasteiger partial charge in [-0.25, -0.2) is 14.4 Å². The number of ketones is 1. The first kappa shape index (κ1) is 21.8. The van der Waals surface area contributed by atoms with E-state index in [1.165, 1.54) is 18.5 Å². The van der Waals surface area contributed by atoms with Gasteiger partial charge >= 0.3 is 5.97 Å². The number of benzene rings is 2. The van der Waals surface area contributed by atoms with Crippen LogP contribution in [-0.2, 0) is 4.79 Å². The number of halogens is 2. The summed E-state index contributed by atoms with van der Waals surface area (Å²) in [5.74, 6) is -0.348. The Kier molecular flexibility index (Phi) is 5.74. The molecule has 1 heterocycles. The van der Waals surface area contributed by atoms with E-state index < -0.39 is 5.97 Å². The van der Waals surface area contributed by atoms with Crippen LogP contribution in [0, 0.1) is 29.5 Å². The Hall–Kier alpha value is -3.06. The second-order valence-electron chi connectivity index (χ2n) is 8.95. The molecule has 2 aromatic carbocycles. The average molecular weight is 469 g/mol. The Morgan fingerprint density at radius 1 is 1.09 bits per heavy atom. The lowest BCUT2D eigenvalue weighted by Gasteiger charge is -2.21. The van der Waals surface area contributed by atoms with Gasteiger partial charge in [0, 0.05) is 23.4 Å². The average Bonchev–Trinajstić information content (AvgIpc) is 3.28. The van der Waals surface area contributed by atoms with Gasteiger partial charge in [-0.05, 0) is 79.0 Å². The highest BCUT2D eigenvalue weighted by Crippen LogP contribution is 2.62. The fourth-order valence-corrected chi connectivity index (χ4v) is 5.58. The van der Waals surface area contributed by atoms with Crippen molar-refractivity contribution in [3.8, 4) is 5.88 Å². The normalized spacial score (nSPS) is 24.3. The Labute approximate surface area is 194 Å². The summed E-state index contributed by atoms with van der Waals surface area (Å²) in [5.41, 5.74) is 1.16. The van der Waals surface area contributed by atoms with Crippen LogP contribution in [0.2, 0.25) is 5.02 Å². The molecule has 0 aliphatic heterocycles. The van der Waals surface area contributed by atoms with Crippen molar-refractivity contribution >= 4 is 34.3 Å². The molecular formula is C25H22ClFN2O4. The molecule has 3 aromatic rings. The third kappa shape index (κ3) is 4.55. The van der Waals surface area contributed by atoms with Crippen molar-refractivity contribution in [1.29, 1.82) is 0 Å². The minimum absolute atomic E-state index is 0.0294. The van der Waals surface area contributed by atoms with E-state index >= 15 is 0 Å².